The molecule has 0 unspecified atom stereocenters. The zero-order valence-corrected chi connectivity index (χ0v) is 12.0. The van der Waals surface area contributed by atoms with E-state index in [-0.39, 0.29) is 24.1 Å². The number of nitrogens with zero attached hydrogens (tertiary/aromatic N) is 1. The van der Waals surface area contributed by atoms with E-state index in [1.165, 1.54) is 12.1 Å². The highest BCUT2D eigenvalue weighted by atomic mass is 16.4. The Morgan fingerprint density at radius 2 is 2.05 bits per heavy atom. The lowest BCUT2D eigenvalue weighted by Crippen LogP contribution is -2.40. The predicted molar refractivity (Wildman–Crippen MR) is 79.0 cm³/mol. The third kappa shape index (κ3) is 4.15. The van der Waals surface area contributed by atoms with E-state index >= 15 is 0 Å². The number of nitrogens with two attached hydrogens (primary N) is 1. The quantitative estimate of drug-likeness (QED) is 0.682. The second-order valence-corrected chi connectivity index (χ2v) is 4.82. The Kier molecular flexibility index (Phi) is 5.37. The van der Waals surface area contributed by atoms with Gasteiger partial charge in [0.15, 0.2) is 0 Å². The first-order valence-electron chi connectivity index (χ1n) is 6.52. The van der Waals surface area contributed by atoms with E-state index in [1.807, 2.05) is 20.8 Å². The highest BCUT2D eigenvalue weighted by molar-refractivity contribution is 5.91. The van der Waals surface area contributed by atoms with Crippen molar-refractivity contribution in [2.45, 2.75) is 26.8 Å². The number of likely N-dealkylation sites (N-methyl/N-ethyl adjacent to an activating group) is 1. The van der Waals surface area contributed by atoms with Crippen LogP contribution in [0.5, 0.6) is 0 Å². The molecule has 20 heavy (non-hydrogen) atoms. The van der Waals surface area contributed by atoms with Crippen LogP contribution in [0, 0.1) is 0 Å². The fourth-order valence-corrected chi connectivity index (χ4v) is 1.88. The molecule has 0 spiro atoms. The number of rotatable bonds is 6. The van der Waals surface area contributed by atoms with Crippen LogP contribution >= 0.6 is 0 Å². The number of benzene rings is 1. The Hall–Kier alpha value is -2.24. The number of carboxylic acid groups (broad SMARTS) is 1. The van der Waals surface area contributed by atoms with Crippen LogP contribution < -0.4 is 16.0 Å². The van der Waals surface area contributed by atoms with E-state index in [4.69, 9.17) is 10.8 Å². The van der Waals surface area contributed by atoms with Gasteiger partial charge in [0.25, 0.3) is 0 Å². The molecule has 1 aromatic rings. The lowest BCUT2D eigenvalue weighted by molar-refractivity contribution is -0.120. The highest BCUT2D eigenvalue weighted by Crippen LogP contribution is 2.24. The number of nitrogens with one attached hydrogen (secondary N) is 1. The van der Waals surface area contributed by atoms with Gasteiger partial charge in [-0.25, -0.2) is 4.79 Å². The number of amides is 1. The maximum atomic E-state index is 11.8. The summed E-state index contributed by atoms with van der Waals surface area (Å²) in [4.78, 5) is 24.5. The van der Waals surface area contributed by atoms with Crippen molar-refractivity contribution >= 4 is 23.3 Å². The van der Waals surface area contributed by atoms with E-state index < -0.39 is 5.97 Å². The minimum absolute atomic E-state index is 0.0768. The summed E-state index contributed by atoms with van der Waals surface area (Å²) in [6.07, 6.45) is 0. The summed E-state index contributed by atoms with van der Waals surface area (Å²) < 4.78 is 0. The first kappa shape index (κ1) is 15.8. The fraction of sp³-hybridized carbons (Fsp3) is 0.429. The van der Waals surface area contributed by atoms with Crippen molar-refractivity contribution in [2.24, 2.45) is 0 Å². The largest absolute Gasteiger partial charge is 0.478 e. The summed E-state index contributed by atoms with van der Waals surface area (Å²) in [7, 11) is 0. The standard InChI is InChI=1S/C14H21N3O3/c1-4-17(8-13(18)16-9(2)3)12-6-5-10(14(19)20)7-11(12)15/h5-7,9H,4,8,15H2,1-3H3,(H,16,18)(H,19,20). The van der Waals surface area contributed by atoms with E-state index in [1.54, 1.807) is 11.0 Å². The molecule has 0 atom stereocenters. The second-order valence-electron chi connectivity index (χ2n) is 4.82. The summed E-state index contributed by atoms with van der Waals surface area (Å²) >= 11 is 0. The van der Waals surface area contributed by atoms with Crippen LogP contribution in [0.25, 0.3) is 0 Å². The third-order valence-corrected chi connectivity index (χ3v) is 2.78. The maximum absolute atomic E-state index is 11.8. The van der Waals surface area contributed by atoms with E-state index in [0.717, 1.165) is 0 Å². The Labute approximate surface area is 118 Å². The van der Waals surface area contributed by atoms with Crippen LogP contribution in [0.2, 0.25) is 0 Å². The summed E-state index contributed by atoms with van der Waals surface area (Å²) in [5, 5.41) is 11.7. The van der Waals surface area contributed by atoms with E-state index in [9.17, 15) is 9.59 Å². The van der Waals surface area contributed by atoms with Gasteiger partial charge in [-0.1, -0.05) is 0 Å². The lowest BCUT2D eigenvalue weighted by Gasteiger charge is -2.24. The van der Waals surface area contributed by atoms with Crippen LogP contribution in [0.1, 0.15) is 31.1 Å². The van der Waals surface area contributed by atoms with Crippen molar-refractivity contribution < 1.29 is 14.7 Å². The highest BCUT2D eigenvalue weighted by Gasteiger charge is 2.14. The molecule has 0 bridgehead atoms. The molecule has 1 rings (SSSR count). The molecule has 0 aromatic heterocycles. The summed E-state index contributed by atoms with van der Waals surface area (Å²) in [5.74, 6) is -1.12. The lowest BCUT2D eigenvalue weighted by atomic mass is 10.1. The van der Waals surface area contributed by atoms with Gasteiger partial charge in [0.05, 0.1) is 23.5 Å². The summed E-state index contributed by atoms with van der Waals surface area (Å²) in [5.41, 5.74) is 7.02. The van der Waals surface area contributed by atoms with Crippen LogP contribution in [-0.2, 0) is 4.79 Å². The molecule has 0 saturated carbocycles. The van der Waals surface area contributed by atoms with Gasteiger partial charge in [-0.05, 0) is 39.0 Å². The molecule has 0 heterocycles. The Morgan fingerprint density at radius 3 is 2.50 bits per heavy atom. The molecule has 0 radical (unpaired) electrons. The summed E-state index contributed by atoms with van der Waals surface area (Å²) in [6.45, 7) is 6.48. The van der Waals surface area contributed by atoms with Gasteiger partial charge in [0.2, 0.25) is 5.91 Å². The molecule has 1 amide bonds. The van der Waals surface area contributed by atoms with Gasteiger partial charge in [0.1, 0.15) is 0 Å². The topological polar surface area (TPSA) is 95.7 Å². The van der Waals surface area contributed by atoms with E-state index in [0.29, 0.717) is 17.9 Å². The SMILES string of the molecule is CCN(CC(=O)NC(C)C)c1ccc(C(=O)O)cc1N. The zero-order valence-electron chi connectivity index (χ0n) is 12.0. The molecule has 0 aliphatic heterocycles. The molecule has 1 aromatic carbocycles. The normalized spacial score (nSPS) is 10.4. The molecular formula is C14H21N3O3. The second kappa shape index (κ2) is 6.79. The van der Waals surface area contributed by atoms with Crippen LogP contribution in [-0.4, -0.2) is 36.1 Å². The number of nitrogen functional groups attached to an aromatic ring is 1. The molecule has 0 aliphatic rings. The van der Waals surface area contributed by atoms with Crippen molar-refractivity contribution in [2.75, 3.05) is 23.7 Å². The molecule has 6 nitrogen and oxygen atoms in total. The number of hydrogen-bond acceptors (Lipinski definition) is 4. The van der Waals surface area contributed by atoms with Gasteiger partial charge in [-0.2, -0.15) is 0 Å². The zero-order chi connectivity index (χ0) is 15.3. The number of aromatic carboxylic acids is 1. The van der Waals surface area contributed by atoms with Crippen LogP contribution in [0.4, 0.5) is 11.4 Å². The number of carbonyl (C=O) groups excluding carboxylic acids is 1. The number of anilines is 2. The first-order valence-corrected chi connectivity index (χ1v) is 6.52. The molecule has 4 N–H and O–H groups in total. The van der Waals surface area contributed by atoms with Crippen molar-refractivity contribution in [1.82, 2.24) is 5.32 Å². The van der Waals surface area contributed by atoms with Crippen molar-refractivity contribution in [3.8, 4) is 0 Å². The smallest absolute Gasteiger partial charge is 0.335 e. The maximum Gasteiger partial charge on any atom is 0.335 e. The Bertz CT molecular complexity index is 500. The van der Waals surface area contributed by atoms with Crippen LogP contribution in [0.15, 0.2) is 18.2 Å². The molecule has 6 heteroatoms. The average Bonchev–Trinajstić information content (AvgIpc) is 2.35. The minimum Gasteiger partial charge on any atom is -0.478 e. The van der Waals surface area contributed by atoms with Gasteiger partial charge >= 0.3 is 5.97 Å². The van der Waals surface area contributed by atoms with Gasteiger partial charge in [0, 0.05) is 12.6 Å². The Morgan fingerprint density at radius 1 is 1.40 bits per heavy atom. The predicted octanol–water partition coefficient (Wildman–Crippen LogP) is 1.32. The van der Waals surface area contributed by atoms with E-state index in [2.05, 4.69) is 5.32 Å². The minimum atomic E-state index is -1.02. The van der Waals surface area contributed by atoms with Crippen molar-refractivity contribution in [1.29, 1.82) is 0 Å². The van der Waals surface area contributed by atoms with Gasteiger partial charge in [-0.3, -0.25) is 4.79 Å². The van der Waals surface area contributed by atoms with Crippen LogP contribution in [0.3, 0.4) is 0 Å². The van der Waals surface area contributed by atoms with Crippen molar-refractivity contribution in [3.05, 3.63) is 23.8 Å². The monoisotopic (exact) mass is 279 g/mol. The molecule has 0 saturated heterocycles. The number of carbonyl (C=O) groups is 2. The fourth-order valence-electron chi connectivity index (χ4n) is 1.88. The third-order valence-electron chi connectivity index (χ3n) is 2.78. The Balaban J connectivity index is 2.90. The molecule has 0 aliphatic carbocycles. The van der Waals surface area contributed by atoms with Gasteiger partial charge < -0.3 is 21.1 Å². The first-order chi connectivity index (χ1) is 9.35. The average molecular weight is 279 g/mol. The molecular weight excluding hydrogens is 258 g/mol. The molecule has 110 valence electrons. The van der Waals surface area contributed by atoms with Gasteiger partial charge in [-0.15, -0.1) is 0 Å². The van der Waals surface area contributed by atoms with Crippen molar-refractivity contribution in [3.63, 3.8) is 0 Å². The number of hydrogen-bond donors (Lipinski definition) is 3. The summed E-state index contributed by atoms with van der Waals surface area (Å²) in [6, 6.07) is 4.59. The number of carboxylic acids is 1. The molecule has 0 fully saturated rings.